The van der Waals surface area contributed by atoms with Crippen molar-refractivity contribution in [2.75, 3.05) is 13.1 Å². The van der Waals surface area contributed by atoms with Crippen molar-refractivity contribution in [2.45, 2.75) is 37.6 Å². The largest absolute Gasteiger partial charge is 0.337 e. The summed E-state index contributed by atoms with van der Waals surface area (Å²) < 4.78 is 0. The molecule has 24 heavy (non-hydrogen) atoms. The highest BCUT2D eigenvalue weighted by Gasteiger charge is 2.29. The van der Waals surface area contributed by atoms with E-state index >= 15 is 0 Å². The van der Waals surface area contributed by atoms with Gasteiger partial charge in [-0.25, -0.2) is 0 Å². The van der Waals surface area contributed by atoms with Gasteiger partial charge < -0.3 is 10.6 Å². The van der Waals surface area contributed by atoms with Crippen LogP contribution in [-0.2, 0) is 0 Å². The first-order chi connectivity index (χ1) is 10.7. The zero-order valence-electron chi connectivity index (χ0n) is 13.5. The molecule has 2 aromatic rings. The van der Waals surface area contributed by atoms with Crippen LogP contribution in [0.1, 0.15) is 47.7 Å². The van der Waals surface area contributed by atoms with Gasteiger partial charge in [0.05, 0.1) is 11.1 Å². The molecular formula is C18H23Cl2N3O. The number of hydrogen-bond acceptors (Lipinski definition) is 3. The highest BCUT2D eigenvalue weighted by Crippen LogP contribution is 2.40. The van der Waals surface area contributed by atoms with E-state index in [1.807, 2.05) is 35.2 Å². The summed E-state index contributed by atoms with van der Waals surface area (Å²) in [5.74, 6) is 0.649. The Hall–Kier alpha value is -1.36. The molecule has 1 aromatic carbocycles. The minimum atomic E-state index is 0. The van der Waals surface area contributed by atoms with Crippen LogP contribution in [-0.4, -0.2) is 34.9 Å². The first-order valence-electron chi connectivity index (χ1n) is 8.17. The molecule has 0 spiro atoms. The lowest BCUT2D eigenvalue weighted by Crippen LogP contribution is -2.45. The topological polar surface area (TPSA) is 59.2 Å². The number of para-hydroxylation sites is 1. The minimum Gasteiger partial charge on any atom is -0.337 e. The molecule has 1 aromatic heterocycles. The van der Waals surface area contributed by atoms with Crippen LogP contribution in [0.25, 0.3) is 10.9 Å². The number of pyridine rings is 1. The van der Waals surface area contributed by atoms with Gasteiger partial charge in [-0.05, 0) is 37.8 Å². The maximum Gasteiger partial charge on any atom is 0.254 e. The number of fused-ring (bicyclic) bond motifs is 1. The number of benzene rings is 1. The number of hydrogen-bond donors (Lipinski definition) is 1. The number of nitrogens with two attached hydrogens (primary N) is 1. The molecular weight excluding hydrogens is 345 g/mol. The Balaban J connectivity index is 0.00000104. The molecule has 4 nitrogen and oxygen atoms in total. The predicted octanol–water partition coefficient (Wildman–Crippen LogP) is 3.52. The van der Waals surface area contributed by atoms with E-state index < -0.39 is 0 Å². The molecule has 1 aliphatic heterocycles. The fraction of sp³-hybridized carbons (Fsp3) is 0.444. The smallest absolute Gasteiger partial charge is 0.254 e. The third-order valence-corrected chi connectivity index (χ3v) is 4.71. The van der Waals surface area contributed by atoms with Crippen LogP contribution in [0.5, 0.6) is 0 Å². The molecule has 1 unspecified atom stereocenters. The summed E-state index contributed by atoms with van der Waals surface area (Å²) in [5.41, 5.74) is 8.83. The second kappa shape index (κ2) is 7.68. The van der Waals surface area contributed by atoms with Crippen molar-refractivity contribution in [1.82, 2.24) is 9.88 Å². The molecule has 0 bridgehead atoms. The van der Waals surface area contributed by atoms with E-state index in [1.165, 1.54) is 12.8 Å². The van der Waals surface area contributed by atoms with Gasteiger partial charge in [-0.1, -0.05) is 18.2 Å². The fourth-order valence-electron chi connectivity index (χ4n) is 3.33. The Kier molecular flexibility index (Phi) is 6.07. The maximum absolute atomic E-state index is 13.0. The summed E-state index contributed by atoms with van der Waals surface area (Å²) in [6.45, 7) is 1.47. The van der Waals surface area contributed by atoms with Crippen molar-refractivity contribution in [2.24, 2.45) is 5.73 Å². The van der Waals surface area contributed by atoms with Gasteiger partial charge in [-0.3, -0.25) is 9.78 Å². The van der Waals surface area contributed by atoms with E-state index in [0.29, 0.717) is 12.5 Å². The van der Waals surface area contributed by atoms with Crippen molar-refractivity contribution in [3.8, 4) is 0 Å². The average Bonchev–Trinajstić information content (AvgIpc) is 3.38. The van der Waals surface area contributed by atoms with Gasteiger partial charge in [0.2, 0.25) is 0 Å². The van der Waals surface area contributed by atoms with E-state index in [9.17, 15) is 4.79 Å². The summed E-state index contributed by atoms with van der Waals surface area (Å²) in [4.78, 5) is 19.7. The average molecular weight is 368 g/mol. The lowest BCUT2D eigenvalue weighted by atomic mass is 10.0. The third-order valence-electron chi connectivity index (χ3n) is 4.71. The minimum absolute atomic E-state index is 0. The molecule has 2 fully saturated rings. The lowest BCUT2D eigenvalue weighted by molar-refractivity contribution is 0.0710. The van der Waals surface area contributed by atoms with E-state index in [0.717, 1.165) is 41.5 Å². The van der Waals surface area contributed by atoms with Crippen molar-refractivity contribution in [3.05, 3.63) is 41.6 Å². The first kappa shape index (κ1) is 19.0. The SMILES string of the molecule is Cl.Cl.NC1CCCN(C(=O)c2cc(C3CC3)nc3ccccc23)C1. The molecule has 2 aliphatic rings. The number of halogens is 2. The van der Waals surface area contributed by atoms with Crippen LogP contribution < -0.4 is 5.73 Å². The van der Waals surface area contributed by atoms with Gasteiger partial charge in [-0.15, -0.1) is 24.8 Å². The summed E-state index contributed by atoms with van der Waals surface area (Å²) >= 11 is 0. The molecule has 1 atom stereocenters. The van der Waals surface area contributed by atoms with Crippen LogP contribution in [0.3, 0.4) is 0 Å². The first-order valence-corrected chi connectivity index (χ1v) is 8.17. The summed E-state index contributed by atoms with van der Waals surface area (Å²) in [7, 11) is 0. The van der Waals surface area contributed by atoms with Gasteiger partial charge in [0.25, 0.3) is 5.91 Å². The number of carbonyl (C=O) groups is 1. The Bertz CT molecular complexity index is 733. The zero-order valence-corrected chi connectivity index (χ0v) is 15.1. The second-order valence-corrected chi connectivity index (χ2v) is 6.54. The van der Waals surface area contributed by atoms with E-state index in [1.54, 1.807) is 0 Å². The lowest BCUT2D eigenvalue weighted by Gasteiger charge is -2.31. The molecule has 1 amide bonds. The highest BCUT2D eigenvalue weighted by atomic mass is 35.5. The van der Waals surface area contributed by atoms with Gasteiger partial charge in [-0.2, -0.15) is 0 Å². The van der Waals surface area contributed by atoms with Gasteiger partial charge in [0, 0.05) is 36.1 Å². The predicted molar refractivity (Wildman–Crippen MR) is 101 cm³/mol. The number of amides is 1. The van der Waals surface area contributed by atoms with Crippen molar-refractivity contribution in [1.29, 1.82) is 0 Å². The zero-order chi connectivity index (χ0) is 15.1. The molecule has 1 aliphatic carbocycles. The number of aromatic nitrogens is 1. The molecule has 2 heterocycles. The third kappa shape index (κ3) is 3.66. The molecule has 2 N–H and O–H groups in total. The Morgan fingerprint density at radius 2 is 1.92 bits per heavy atom. The fourth-order valence-corrected chi connectivity index (χ4v) is 3.33. The quantitative estimate of drug-likeness (QED) is 0.882. The normalized spacial score (nSPS) is 20.2. The van der Waals surface area contributed by atoms with E-state index in [2.05, 4.69) is 0 Å². The summed E-state index contributed by atoms with van der Waals surface area (Å²) in [5, 5.41) is 0.955. The monoisotopic (exact) mass is 367 g/mol. The maximum atomic E-state index is 13.0. The van der Waals surface area contributed by atoms with E-state index in [-0.39, 0.29) is 36.8 Å². The van der Waals surface area contributed by atoms with E-state index in [4.69, 9.17) is 10.7 Å². The number of nitrogens with zero attached hydrogens (tertiary/aromatic N) is 2. The standard InChI is InChI=1S/C18H21N3O.2ClH/c19-13-4-3-9-21(11-13)18(22)15-10-17(12-7-8-12)20-16-6-2-1-5-14(15)16;;/h1-2,5-6,10,12-13H,3-4,7-9,11,19H2;2*1H. The number of rotatable bonds is 2. The van der Waals surface area contributed by atoms with Crippen LogP contribution >= 0.6 is 24.8 Å². The molecule has 130 valence electrons. The molecule has 6 heteroatoms. The Morgan fingerprint density at radius 3 is 2.62 bits per heavy atom. The van der Waals surface area contributed by atoms with Crippen LogP contribution in [0, 0.1) is 0 Å². The Labute approximate surface area is 154 Å². The number of piperidine rings is 1. The summed E-state index contributed by atoms with van der Waals surface area (Å²) in [6, 6.07) is 10.1. The van der Waals surface area contributed by atoms with Crippen LogP contribution in [0.2, 0.25) is 0 Å². The van der Waals surface area contributed by atoms with Crippen LogP contribution in [0.4, 0.5) is 0 Å². The molecule has 1 saturated heterocycles. The summed E-state index contributed by atoms with van der Waals surface area (Å²) in [6.07, 6.45) is 4.38. The second-order valence-electron chi connectivity index (χ2n) is 6.54. The van der Waals surface area contributed by atoms with Crippen molar-refractivity contribution < 1.29 is 4.79 Å². The van der Waals surface area contributed by atoms with Crippen LogP contribution in [0.15, 0.2) is 30.3 Å². The van der Waals surface area contributed by atoms with Gasteiger partial charge >= 0.3 is 0 Å². The highest BCUT2D eigenvalue weighted by molar-refractivity contribution is 6.06. The van der Waals surface area contributed by atoms with Crippen molar-refractivity contribution >= 4 is 41.6 Å². The number of likely N-dealkylation sites (tertiary alicyclic amines) is 1. The molecule has 4 rings (SSSR count). The molecule has 1 saturated carbocycles. The van der Waals surface area contributed by atoms with Gasteiger partial charge in [0.1, 0.15) is 0 Å². The Morgan fingerprint density at radius 1 is 1.17 bits per heavy atom. The number of carbonyl (C=O) groups excluding carboxylic acids is 1. The molecule has 0 radical (unpaired) electrons. The van der Waals surface area contributed by atoms with Crippen molar-refractivity contribution in [3.63, 3.8) is 0 Å². The van der Waals surface area contributed by atoms with Gasteiger partial charge in [0.15, 0.2) is 0 Å².